The molecule has 6 rings (SSSR count). The fourth-order valence-corrected chi connectivity index (χ4v) is 6.31. The molecule has 0 spiro atoms. The molecule has 1 aliphatic carbocycles. The number of rotatable bonds is 6. The Kier molecular flexibility index (Phi) is 7.42. The summed E-state index contributed by atoms with van der Waals surface area (Å²) in [5.74, 6) is -1.17. The summed E-state index contributed by atoms with van der Waals surface area (Å²) in [6.07, 6.45) is 1.48. The molecule has 3 aromatic carbocycles. The van der Waals surface area contributed by atoms with Crippen molar-refractivity contribution < 1.29 is 23.9 Å². The highest BCUT2D eigenvalue weighted by molar-refractivity contribution is 6.22. The van der Waals surface area contributed by atoms with Crippen molar-refractivity contribution in [2.24, 2.45) is 17.8 Å². The van der Waals surface area contributed by atoms with Gasteiger partial charge in [-0.25, -0.2) is 9.78 Å². The summed E-state index contributed by atoms with van der Waals surface area (Å²) in [7, 11) is 0. The lowest BCUT2D eigenvalue weighted by atomic mass is 9.76. The molecule has 1 aliphatic heterocycles. The molecule has 0 bridgehead atoms. The molecule has 1 aromatic heterocycles. The molecule has 1 saturated carbocycles. The van der Waals surface area contributed by atoms with E-state index in [4.69, 9.17) is 9.72 Å². The van der Waals surface area contributed by atoms with Crippen molar-refractivity contribution in [1.29, 1.82) is 0 Å². The van der Waals surface area contributed by atoms with Crippen LogP contribution in [0.4, 0.5) is 5.69 Å². The van der Waals surface area contributed by atoms with Crippen molar-refractivity contribution in [2.45, 2.75) is 53.1 Å². The van der Waals surface area contributed by atoms with Gasteiger partial charge in [0.05, 0.1) is 34.3 Å². The van der Waals surface area contributed by atoms with Gasteiger partial charge in [0, 0.05) is 16.5 Å². The molecule has 7 heteroatoms. The van der Waals surface area contributed by atoms with Crippen molar-refractivity contribution >= 4 is 40.2 Å². The number of ether oxygens (including phenoxy) is 1. The topological polar surface area (TPSA) is 93.6 Å². The first-order valence-corrected chi connectivity index (χ1v) is 14.8. The average molecular weight is 575 g/mol. The molecule has 2 aliphatic rings. The van der Waals surface area contributed by atoms with E-state index in [1.165, 1.54) is 4.90 Å². The van der Waals surface area contributed by atoms with Crippen LogP contribution in [0.25, 0.3) is 22.2 Å². The fraction of sp³-hybridized carbons (Fsp3) is 0.306. The number of imide groups is 1. The lowest BCUT2D eigenvalue weighted by Gasteiger charge is -2.25. The highest BCUT2D eigenvalue weighted by Crippen LogP contribution is 2.42. The van der Waals surface area contributed by atoms with Gasteiger partial charge in [0.25, 0.3) is 0 Å². The minimum absolute atomic E-state index is 0.117. The van der Waals surface area contributed by atoms with Crippen LogP contribution in [-0.4, -0.2) is 34.7 Å². The summed E-state index contributed by atoms with van der Waals surface area (Å²) < 4.78 is 5.69. The number of fused-ring (bicyclic) bond motifs is 2. The van der Waals surface area contributed by atoms with Gasteiger partial charge in [0.2, 0.25) is 17.6 Å². The van der Waals surface area contributed by atoms with Gasteiger partial charge < -0.3 is 4.74 Å². The van der Waals surface area contributed by atoms with Crippen LogP contribution in [0.1, 0.15) is 65.0 Å². The first-order chi connectivity index (χ1) is 20.6. The Morgan fingerprint density at radius 1 is 0.860 bits per heavy atom. The SMILES string of the molecule is Cc1ccc(C(=O)[C@H](C)OC(=O)c2cc(-c3ccc(N4C(=O)[C@H]5CC[C@H](C)C[C@@H]5C4=O)cc3)nc3ccc(C)cc23)cc1. The minimum Gasteiger partial charge on any atom is -0.451 e. The van der Waals surface area contributed by atoms with Crippen LogP contribution in [0.2, 0.25) is 0 Å². The number of ketones is 1. The minimum atomic E-state index is -0.979. The van der Waals surface area contributed by atoms with Crippen LogP contribution < -0.4 is 4.90 Å². The molecule has 218 valence electrons. The van der Waals surface area contributed by atoms with Crippen molar-refractivity contribution in [3.63, 3.8) is 0 Å². The largest absolute Gasteiger partial charge is 0.451 e. The molecular weight excluding hydrogens is 540 g/mol. The van der Waals surface area contributed by atoms with Crippen LogP contribution in [0.3, 0.4) is 0 Å². The van der Waals surface area contributed by atoms with Crippen LogP contribution in [0, 0.1) is 31.6 Å². The average Bonchev–Trinajstić information content (AvgIpc) is 3.25. The summed E-state index contributed by atoms with van der Waals surface area (Å²) in [5, 5.41) is 0.630. The van der Waals surface area contributed by atoms with Crippen molar-refractivity contribution in [1.82, 2.24) is 4.98 Å². The second-order valence-corrected chi connectivity index (χ2v) is 12.0. The van der Waals surface area contributed by atoms with Gasteiger partial charge in [-0.15, -0.1) is 0 Å². The maximum absolute atomic E-state index is 13.5. The smallest absolute Gasteiger partial charge is 0.339 e. The summed E-state index contributed by atoms with van der Waals surface area (Å²) >= 11 is 0. The molecule has 4 atom stereocenters. The van der Waals surface area contributed by atoms with Crippen molar-refractivity contribution in [3.8, 4) is 11.3 Å². The second kappa shape index (κ2) is 11.2. The lowest BCUT2D eigenvalue weighted by Crippen LogP contribution is -2.30. The first-order valence-electron chi connectivity index (χ1n) is 14.8. The molecule has 4 aromatic rings. The Balaban J connectivity index is 1.29. The van der Waals surface area contributed by atoms with E-state index in [9.17, 15) is 19.2 Å². The monoisotopic (exact) mass is 574 g/mol. The van der Waals surface area contributed by atoms with Gasteiger partial charge in [-0.2, -0.15) is 0 Å². The summed E-state index contributed by atoms with van der Waals surface area (Å²) in [6.45, 7) is 7.58. The van der Waals surface area contributed by atoms with E-state index in [1.54, 1.807) is 37.3 Å². The van der Waals surface area contributed by atoms with Gasteiger partial charge in [-0.1, -0.05) is 60.5 Å². The number of pyridine rings is 1. The molecule has 1 saturated heterocycles. The maximum Gasteiger partial charge on any atom is 0.339 e. The maximum atomic E-state index is 13.5. The third-order valence-corrected chi connectivity index (χ3v) is 8.78. The number of aryl methyl sites for hydroxylation is 2. The molecule has 0 radical (unpaired) electrons. The Morgan fingerprint density at radius 2 is 1.53 bits per heavy atom. The number of benzene rings is 3. The van der Waals surface area contributed by atoms with E-state index >= 15 is 0 Å². The number of aromatic nitrogens is 1. The number of amides is 2. The summed E-state index contributed by atoms with van der Waals surface area (Å²) in [6, 6.07) is 21.6. The molecule has 2 amide bonds. The van der Waals surface area contributed by atoms with E-state index in [0.29, 0.717) is 44.9 Å². The van der Waals surface area contributed by atoms with Gasteiger partial charge in [0.15, 0.2) is 6.10 Å². The molecule has 0 N–H and O–H groups in total. The molecular formula is C36H34N2O5. The normalized spacial score (nSPS) is 20.7. The van der Waals surface area contributed by atoms with E-state index in [0.717, 1.165) is 30.4 Å². The number of hydrogen-bond donors (Lipinski definition) is 0. The highest BCUT2D eigenvalue weighted by Gasteiger charge is 2.49. The third-order valence-electron chi connectivity index (χ3n) is 8.78. The van der Waals surface area contributed by atoms with Crippen LogP contribution in [0.15, 0.2) is 72.8 Å². The molecule has 7 nitrogen and oxygen atoms in total. The van der Waals surface area contributed by atoms with Crippen LogP contribution in [-0.2, 0) is 14.3 Å². The molecule has 0 unspecified atom stereocenters. The predicted octanol–water partition coefficient (Wildman–Crippen LogP) is 6.87. The standard InChI is InChI=1S/C36H34N2O5/c1-20-5-9-25(10-6-20)33(39)23(4)43-36(42)30-19-32(37-31-16-8-22(3)17-28(30)31)24-11-13-26(14-12-24)38-34(40)27-15-7-21(2)18-29(27)35(38)41/h5-6,8-14,16-17,19,21,23,27,29H,7,15,18H2,1-4H3/t21-,23-,27-,29-/m0/s1. The fourth-order valence-electron chi connectivity index (χ4n) is 6.31. The molecule has 43 heavy (non-hydrogen) atoms. The zero-order chi connectivity index (χ0) is 30.4. The van der Waals surface area contributed by atoms with Gasteiger partial charge >= 0.3 is 5.97 Å². The summed E-state index contributed by atoms with van der Waals surface area (Å²) in [4.78, 5) is 59.0. The van der Waals surface area contributed by atoms with Gasteiger partial charge in [-0.3, -0.25) is 19.3 Å². The van der Waals surface area contributed by atoms with Crippen LogP contribution in [0.5, 0.6) is 0 Å². The number of nitrogens with zero attached hydrogens (tertiary/aromatic N) is 2. The Morgan fingerprint density at radius 3 is 2.26 bits per heavy atom. The zero-order valence-corrected chi connectivity index (χ0v) is 24.8. The van der Waals surface area contributed by atoms with Crippen molar-refractivity contribution in [3.05, 3.63) is 95.1 Å². The van der Waals surface area contributed by atoms with Gasteiger partial charge in [-0.05, 0) is 76.3 Å². The first kappa shape index (κ1) is 28.5. The second-order valence-electron chi connectivity index (χ2n) is 12.0. The number of carbonyl (C=O) groups is 4. The number of carbonyl (C=O) groups excluding carboxylic acids is 4. The van der Waals surface area contributed by atoms with E-state index < -0.39 is 12.1 Å². The number of anilines is 1. The lowest BCUT2D eigenvalue weighted by molar-refractivity contribution is -0.122. The predicted molar refractivity (Wildman–Crippen MR) is 165 cm³/mol. The number of Topliss-reactive ketones (excluding diaryl/α,β-unsaturated/α-hetero) is 1. The Bertz CT molecular complexity index is 1760. The van der Waals surface area contributed by atoms with E-state index in [2.05, 4.69) is 6.92 Å². The third kappa shape index (κ3) is 5.36. The van der Waals surface area contributed by atoms with Crippen LogP contribution >= 0.6 is 0 Å². The Hall–Kier alpha value is -4.65. The quantitative estimate of drug-likeness (QED) is 0.142. The zero-order valence-electron chi connectivity index (χ0n) is 24.8. The van der Waals surface area contributed by atoms with Crippen molar-refractivity contribution in [2.75, 3.05) is 4.90 Å². The number of esters is 1. The number of hydrogen-bond acceptors (Lipinski definition) is 6. The summed E-state index contributed by atoms with van der Waals surface area (Å²) in [5.41, 5.74) is 5.18. The van der Waals surface area contributed by atoms with E-state index in [1.807, 2.05) is 56.3 Å². The Labute approximate surface area is 250 Å². The van der Waals surface area contributed by atoms with Gasteiger partial charge in [0.1, 0.15) is 0 Å². The molecule has 2 fully saturated rings. The molecule has 2 heterocycles. The van der Waals surface area contributed by atoms with E-state index in [-0.39, 0.29) is 29.4 Å². The highest BCUT2D eigenvalue weighted by atomic mass is 16.5.